The molecule has 1 aliphatic heterocycles. The minimum absolute atomic E-state index is 0.00318. The molecule has 1 atom stereocenters. The summed E-state index contributed by atoms with van der Waals surface area (Å²) in [4.78, 5) is 26.3. The average Bonchev–Trinajstić information content (AvgIpc) is 3.26. The molecule has 1 aliphatic rings. The number of carbonyl (C=O) groups is 1. The van der Waals surface area contributed by atoms with Gasteiger partial charge in [0.15, 0.2) is 0 Å². The van der Waals surface area contributed by atoms with E-state index in [0.717, 1.165) is 23.3 Å². The quantitative estimate of drug-likeness (QED) is 0.786. The van der Waals surface area contributed by atoms with Crippen molar-refractivity contribution in [3.05, 3.63) is 57.8 Å². The molecule has 1 fully saturated rings. The van der Waals surface area contributed by atoms with Crippen molar-refractivity contribution in [1.82, 2.24) is 20.3 Å². The zero-order valence-electron chi connectivity index (χ0n) is 13.9. The van der Waals surface area contributed by atoms with Gasteiger partial charge in [0.25, 0.3) is 5.56 Å². The van der Waals surface area contributed by atoms with Gasteiger partial charge in [-0.2, -0.15) is 5.10 Å². The van der Waals surface area contributed by atoms with Gasteiger partial charge in [0, 0.05) is 30.5 Å². The first kappa shape index (κ1) is 15.6. The molecule has 7 heteroatoms. The first-order valence-electron chi connectivity index (χ1n) is 8.29. The number of aryl methyl sites for hydroxylation is 1. The summed E-state index contributed by atoms with van der Waals surface area (Å²) in [6.45, 7) is 3.19. The molecule has 2 aromatic heterocycles. The van der Waals surface area contributed by atoms with Crippen molar-refractivity contribution in [2.45, 2.75) is 25.7 Å². The van der Waals surface area contributed by atoms with E-state index in [1.807, 2.05) is 30.0 Å². The van der Waals surface area contributed by atoms with Crippen LogP contribution in [-0.2, 0) is 11.2 Å². The lowest BCUT2D eigenvalue weighted by molar-refractivity contribution is -0.129. The molecule has 0 bridgehead atoms. The summed E-state index contributed by atoms with van der Waals surface area (Å²) in [6.07, 6.45) is 1.03. The molecule has 128 valence electrons. The Morgan fingerprint density at radius 3 is 2.92 bits per heavy atom. The summed E-state index contributed by atoms with van der Waals surface area (Å²) in [5.74, 6) is 1.02. The van der Waals surface area contributed by atoms with E-state index in [-0.39, 0.29) is 23.8 Å². The molecule has 3 aromatic rings. The van der Waals surface area contributed by atoms with E-state index in [9.17, 15) is 9.59 Å². The van der Waals surface area contributed by atoms with Gasteiger partial charge in [-0.05, 0) is 19.4 Å². The van der Waals surface area contributed by atoms with E-state index in [1.165, 1.54) is 0 Å². The van der Waals surface area contributed by atoms with Crippen LogP contribution in [0.1, 0.15) is 29.5 Å². The number of likely N-dealkylation sites (tertiary alicyclic amines) is 1. The monoisotopic (exact) mass is 338 g/mol. The number of rotatable bonds is 3. The second-order valence-electron chi connectivity index (χ2n) is 6.42. The predicted octanol–water partition coefficient (Wildman–Crippen LogP) is 1.78. The highest BCUT2D eigenvalue weighted by Crippen LogP contribution is 2.28. The highest BCUT2D eigenvalue weighted by Gasteiger charge is 2.30. The Morgan fingerprint density at radius 2 is 2.16 bits per heavy atom. The molecule has 0 aliphatic carbocycles. The van der Waals surface area contributed by atoms with E-state index >= 15 is 0 Å². The summed E-state index contributed by atoms with van der Waals surface area (Å²) in [5, 5.41) is 11.8. The number of carbonyl (C=O) groups excluding carboxylic acids is 1. The predicted molar refractivity (Wildman–Crippen MR) is 91.2 cm³/mol. The number of hydrogen-bond acceptors (Lipinski definition) is 5. The molecule has 1 aromatic carbocycles. The third-order valence-electron chi connectivity index (χ3n) is 4.68. The lowest BCUT2D eigenvalue weighted by Crippen LogP contribution is -2.30. The maximum Gasteiger partial charge on any atom is 0.272 e. The lowest BCUT2D eigenvalue weighted by atomic mass is 10.1. The molecule has 0 saturated carbocycles. The largest absolute Gasteiger partial charge is 0.361 e. The second-order valence-corrected chi connectivity index (χ2v) is 6.42. The van der Waals surface area contributed by atoms with E-state index < -0.39 is 0 Å². The van der Waals surface area contributed by atoms with Crippen LogP contribution in [0.15, 0.2) is 39.6 Å². The van der Waals surface area contributed by atoms with Crippen LogP contribution in [0.2, 0.25) is 0 Å². The zero-order chi connectivity index (χ0) is 17.4. The number of nitrogens with one attached hydrogen (secondary N) is 1. The Hall–Kier alpha value is -2.96. The van der Waals surface area contributed by atoms with Crippen LogP contribution in [0.5, 0.6) is 0 Å². The second kappa shape index (κ2) is 6.16. The first-order valence-corrected chi connectivity index (χ1v) is 8.29. The number of aromatic amines is 1. The van der Waals surface area contributed by atoms with Gasteiger partial charge in [0.2, 0.25) is 5.91 Å². The van der Waals surface area contributed by atoms with Gasteiger partial charge in [-0.1, -0.05) is 23.4 Å². The first-order chi connectivity index (χ1) is 12.1. The number of hydrogen-bond donors (Lipinski definition) is 1. The van der Waals surface area contributed by atoms with Gasteiger partial charge in [-0.15, -0.1) is 0 Å². The van der Waals surface area contributed by atoms with Gasteiger partial charge < -0.3 is 9.42 Å². The van der Waals surface area contributed by atoms with E-state index in [0.29, 0.717) is 24.2 Å². The Kier molecular flexibility index (Phi) is 3.83. The van der Waals surface area contributed by atoms with Crippen molar-refractivity contribution in [2.24, 2.45) is 0 Å². The van der Waals surface area contributed by atoms with Gasteiger partial charge in [0.1, 0.15) is 5.76 Å². The molecule has 1 N–H and O–H groups in total. The topological polar surface area (TPSA) is 92.1 Å². The average molecular weight is 338 g/mol. The van der Waals surface area contributed by atoms with Crippen molar-refractivity contribution < 1.29 is 9.32 Å². The van der Waals surface area contributed by atoms with Crippen molar-refractivity contribution >= 4 is 16.7 Å². The SMILES string of the molecule is Cc1cc(C2CCN(C(=O)Cc3n[nH]c(=O)c4ccccc34)C2)on1. The maximum absolute atomic E-state index is 12.7. The van der Waals surface area contributed by atoms with Crippen molar-refractivity contribution in [3.63, 3.8) is 0 Å². The van der Waals surface area contributed by atoms with Crippen LogP contribution in [0.4, 0.5) is 0 Å². The number of H-pyrrole nitrogens is 1. The van der Waals surface area contributed by atoms with Crippen LogP contribution >= 0.6 is 0 Å². The van der Waals surface area contributed by atoms with Crippen LogP contribution in [0.25, 0.3) is 10.8 Å². The van der Waals surface area contributed by atoms with Gasteiger partial charge >= 0.3 is 0 Å². The smallest absolute Gasteiger partial charge is 0.272 e. The fourth-order valence-corrected chi connectivity index (χ4v) is 3.36. The summed E-state index contributed by atoms with van der Waals surface area (Å²) < 4.78 is 5.33. The van der Waals surface area contributed by atoms with E-state index in [2.05, 4.69) is 15.4 Å². The molecule has 3 heterocycles. The van der Waals surface area contributed by atoms with Crippen molar-refractivity contribution in [2.75, 3.05) is 13.1 Å². The standard InChI is InChI=1S/C18H18N4O3/c1-11-8-16(25-21-11)12-6-7-22(10-12)17(23)9-15-13-4-2-3-5-14(13)18(24)20-19-15/h2-5,8,12H,6-7,9-10H2,1H3,(H,20,24). The number of fused-ring (bicyclic) bond motifs is 1. The number of amides is 1. The van der Waals surface area contributed by atoms with E-state index in [4.69, 9.17) is 4.52 Å². The Labute approximate surface area is 143 Å². The van der Waals surface area contributed by atoms with Gasteiger partial charge in [-0.25, -0.2) is 5.10 Å². The summed E-state index contributed by atoms with van der Waals surface area (Å²) >= 11 is 0. The summed E-state index contributed by atoms with van der Waals surface area (Å²) in [6, 6.07) is 9.13. The van der Waals surface area contributed by atoms with Crippen molar-refractivity contribution in [1.29, 1.82) is 0 Å². The third-order valence-corrected chi connectivity index (χ3v) is 4.68. The number of aromatic nitrogens is 3. The van der Waals surface area contributed by atoms with Gasteiger partial charge in [0.05, 0.1) is 23.2 Å². The molecule has 0 spiro atoms. The molecule has 1 saturated heterocycles. The summed E-state index contributed by atoms with van der Waals surface area (Å²) in [5.41, 5.74) is 1.21. The molecule has 0 radical (unpaired) electrons. The Morgan fingerprint density at radius 1 is 1.36 bits per heavy atom. The molecule has 25 heavy (non-hydrogen) atoms. The van der Waals surface area contributed by atoms with Crippen LogP contribution in [0, 0.1) is 6.92 Å². The number of benzene rings is 1. The zero-order valence-corrected chi connectivity index (χ0v) is 13.9. The van der Waals surface area contributed by atoms with Crippen LogP contribution < -0.4 is 5.56 Å². The highest BCUT2D eigenvalue weighted by atomic mass is 16.5. The molecular weight excluding hydrogens is 320 g/mol. The minimum atomic E-state index is -0.242. The fraction of sp³-hybridized carbons (Fsp3) is 0.333. The van der Waals surface area contributed by atoms with Crippen LogP contribution in [0.3, 0.4) is 0 Å². The van der Waals surface area contributed by atoms with E-state index in [1.54, 1.807) is 12.1 Å². The Balaban J connectivity index is 1.52. The fourth-order valence-electron chi connectivity index (χ4n) is 3.36. The molecular formula is C18H18N4O3. The third kappa shape index (κ3) is 2.93. The van der Waals surface area contributed by atoms with Crippen LogP contribution in [-0.4, -0.2) is 39.3 Å². The Bertz CT molecular complexity index is 991. The van der Waals surface area contributed by atoms with Gasteiger partial charge in [-0.3, -0.25) is 9.59 Å². The maximum atomic E-state index is 12.7. The summed E-state index contributed by atoms with van der Waals surface area (Å²) in [7, 11) is 0. The molecule has 4 rings (SSSR count). The normalized spacial score (nSPS) is 17.3. The minimum Gasteiger partial charge on any atom is -0.361 e. The lowest BCUT2D eigenvalue weighted by Gasteiger charge is -2.16. The number of nitrogens with zero attached hydrogens (tertiary/aromatic N) is 3. The highest BCUT2D eigenvalue weighted by molar-refractivity contribution is 5.88. The van der Waals surface area contributed by atoms with Crippen molar-refractivity contribution in [3.8, 4) is 0 Å². The molecule has 7 nitrogen and oxygen atoms in total. The molecule has 1 unspecified atom stereocenters. The molecule has 1 amide bonds.